The molecule has 0 fully saturated rings. The number of hydrogen-bond acceptors (Lipinski definition) is 7. The normalized spacial score (nSPS) is 13.8. The number of hydrogen-bond donors (Lipinski definition) is 0. The first-order chi connectivity index (χ1) is 14.8. The van der Waals surface area contributed by atoms with Gasteiger partial charge in [-0.25, -0.2) is 29.9 Å². The minimum absolute atomic E-state index is 0.684. The van der Waals surface area contributed by atoms with E-state index in [1.807, 2.05) is 42.7 Å². The fraction of sp³-hybridized carbons (Fsp3) is 0.217. The minimum Gasteiger partial charge on any atom is -0.294 e. The molecule has 0 saturated carbocycles. The summed E-state index contributed by atoms with van der Waals surface area (Å²) in [6.07, 6.45) is 9.77. The van der Waals surface area contributed by atoms with Crippen LogP contribution >= 0.6 is 0 Å². The molecule has 0 N–H and O–H groups in total. The number of nitrogens with zero attached hydrogens (tertiary/aromatic N) is 7. The van der Waals surface area contributed by atoms with Crippen LogP contribution in [0.5, 0.6) is 0 Å². The number of aromatic nitrogens is 6. The molecule has 1 aliphatic rings. The summed E-state index contributed by atoms with van der Waals surface area (Å²) in [7, 11) is 0. The Kier molecular flexibility index (Phi) is 4.94. The molecular formula is C23H21N7. The highest BCUT2D eigenvalue weighted by Gasteiger charge is 2.20. The Labute approximate surface area is 174 Å². The van der Waals surface area contributed by atoms with Crippen molar-refractivity contribution in [3.05, 3.63) is 84.0 Å². The molecular weight excluding hydrogens is 374 g/mol. The van der Waals surface area contributed by atoms with E-state index in [4.69, 9.17) is 9.97 Å². The van der Waals surface area contributed by atoms with Gasteiger partial charge in [-0.1, -0.05) is 30.3 Å². The second-order valence-electron chi connectivity index (χ2n) is 7.42. The Morgan fingerprint density at radius 3 is 2.43 bits per heavy atom. The van der Waals surface area contributed by atoms with Crippen LogP contribution in [-0.4, -0.2) is 41.3 Å². The minimum atomic E-state index is 0.684. The Morgan fingerprint density at radius 1 is 0.867 bits per heavy atom. The Bertz CT molecular complexity index is 1160. The molecule has 4 heterocycles. The lowest BCUT2D eigenvalue weighted by atomic mass is 10.1. The summed E-state index contributed by atoms with van der Waals surface area (Å²) >= 11 is 0. The first-order valence-corrected chi connectivity index (χ1v) is 9.97. The Balaban J connectivity index is 1.31. The summed E-state index contributed by atoms with van der Waals surface area (Å²) in [6, 6.07) is 10.1. The van der Waals surface area contributed by atoms with Crippen molar-refractivity contribution < 1.29 is 0 Å². The van der Waals surface area contributed by atoms with Gasteiger partial charge in [0.05, 0.1) is 11.3 Å². The van der Waals surface area contributed by atoms with Crippen molar-refractivity contribution >= 4 is 0 Å². The summed E-state index contributed by atoms with van der Waals surface area (Å²) < 4.78 is 0. The van der Waals surface area contributed by atoms with E-state index < -0.39 is 0 Å². The van der Waals surface area contributed by atoms with E-state index in [1.54, 1.807) is 12.4 Å². The molecule has 0 bridgehead atoms. The van der Waals surface area contributed by atoms with Gasteiger partial charge < -0.3 is 0 Å². The van der Waals surface area contributed by atoms with Crippen LogP contribution in [0.25, 0.3) is 22.8 Å². The van der Waals surface area contributed by atoms with Gasteiger partial charge in [0.1, 0.15) is 6.33 Å². The number of benzene rings is 1. The molecule has 0 atom stereocenters. The van der Waals surface area contributed by atoms with Gasteiger partial charge in [0, 0.05) is 73.2 Å². The molecule has 1 aromatic carbocycles. The number of aryl methyl sites for hydroxylation is 1. The third kappa shape index (κ3) is 3.79. The van der Waals surface area contributed by atoms with Crippen LogP contribution in [0.15, 0.2) is 61.4 Å². The highest BCUT2D eigenvalue weighted by molar-refractivity contribution is 5.54. The zero-order valence-corrected chi connectivity index (χ0v) is 16.7. The summed E-state index contributed by atoms with van der Waals surface area (Å²) in [5.74, 6) is 1.45. The predicted octanol–water partition coefficient (Wildman–Crippen LogP) is 3.26. The van der Waals surface area contributed by atoms with Crippen LogP contribution in [-0.2, 0) is 19.5 Å². The smallest absolute Gasteiger partial charge is 0.162 e. The van der Waals surface area contributed by atoms with Gasteiger partial charge in [-0.3, -0.25) is 4.90 Å². The van der Waals surface area contributed by atoms with Crippen molar-refractivity contribution in [1.82, 2.24) is 34.8 Å². The second-order valence-corrected chi connectivity index (χ2v) is 7.42. The third-order valence-corrected chi connectivity index (χ3v) is 5.34. The molecule has 5 rings (SSSR count). The molecule has 7 nitrogen and oxygen atoms in total. The van der Waals surface area contributed by atoms with Crippen molar-refractivity contribution in [1.29, 1.82) is 0 Å². The number of rotatable bonds is 4. The van der Waals surface area contributed by atoms with Gasteiger partial charge >= 0.3 is 0 Å². The molecule has 7 heteroatoms. The Hall–Kier alpha value is -3.58. The van der Waals surface area contributed by atoms with E-state index in [0.717, 1.165) is 60.0 Å². The first-order valence-electron chi connectivity index (χ1n) is 9.97. The fourth-order valence-corrected chi connectivity index (χ4v) is 3.68. The highest BCUT2D eigenvalue weighted by Crippen LogP contribution is 2.22. The standard InChI is InChI=1S/C23H21N7/c1-16-19(11-26-22(28-16)17-5-3-2-4-6-17)13-30-8-7-21-20(14-30)12-27-23(29-21)18-9-24-15-25-10-18/h2-6,9-12,15H,7-8,13-14H2,1H3. The van der Waals surface area contributed by atoms with Crippen molar-refractivity contribution in [2.45, 2.75) is 26.4 Å². The zero-order valence-electron chi connectivity index (χ0n) is 16.7. The van der Waals surface area contributed by atoms with Crippen LogP contribution in [0.1, 0.15) is 22.5 Å². The summed E-state index contributed by atoms with van der Waals surface area (Å²) in [6.45, 7) is 4.63. The van der Waals surface area contributed by atoms with Gasteiger partial charge in [0.15, 0.2) is 11.6 Å². The SMILES string of the molecule is Cc1nc(-c2ccccc2)ncc1CN1CCc2nc(-c3cncnc3)ncc2C1. The molecule has 0 radical (unpaired) electrons. The molecule has 4 aromatic rings. The monoisotopic (exact) mass is 395 g/mol. The second kappa shape index (κ2) is 8.04. The van der Waals surface area contributed by atoms with E-state index in [-0.39, 0.29) is 0 Å². The zero-order chi connectivity index (χ0) is 20.3. The van der Waals surface area contributed by atoms with Crippen molar-refractivity contribution in [2.75, 3.05) is 6.54 Å². The summed E-state index contributed by atoms with van der Waals surface area (Å²) in [5, 5.41) is 0. The van der Waals surface area contributed by atoms with Gasteiger partial charge in [0.25, 0.3) is 0 Å². The molecule has 30 heavy (non-hydrogen) atoms. The summed E-state index contributed by atoms with van der Waals surface area (Å²) in [5.41, 5.74) is 6.32. The fourth-order valence-electron chi connectivity index (χ4n) is 3.68. The molecule has 0 amide bonds. The van der Waals surface area contributed by atoms with Crippen LogP contribution in [0.2, 0.25) is 0 Å². The van der Waals surface area contributed by atoms with E-state index in [0.29, 0.717) is 5.82 Å². The molecule has 3 aromatic heterocycles. The van der Waals surface area contributed by atoms with E-state index in [2.05, 4.69) is 31.8 Å². The average Bonchev–Trinajstić information content (AvgIpc) is 2.81. The van der Waals surface area contributed by atoms with Gasteiger partial charge in [-0.05, 0) is 6.92 Å². The lowest BCUT2D eigenvalue weighted by Gasteiger charge is -2.28. The lowest BCUT2D eigenvalue weighted by molar-refractivity contribution is 0.242. The Morgan fingerprint density at radius 2 is 1.63 bits per heavy atom. The summed E-state index contributed by atoms with van der Waals surface area (Å²) in [4.78, 5) is 29.1. The van der Waals surface area contributed by atoms with Crippen molar-refractivity contribution in [3.63, 3.8) is 0 Å². The molecule has 0 saturated heterocycles. The quantitative estimate of drug-likeness (QED) is 0.525. The molecule has 0 unspecified atom stereocenters. The van der Waals surface area contributed by atoms with Crippen LogP contribution in [0.3, 0.4) is 0 Å². The predicted molar refractivity (Wildman–Crippen MR) is 113 cm³/mol. The van der Waals surface area contributed by atoms with Crippen LogP contribution in [0.4, 0.5) is 0 Å². The molecule has 1 aliphatic heterocycles. The molecule has 0 spiro atoms. The molecule has 0 aliphatic carbocycles. The molecule has 148 valence electrons. The van der Waals surface area contributed by atoms with Gasteiger partial charge in [0.2, 0.25) is 0 Å². The lowest BCUT2D eigenvalue weighted by Crippen LogP contribution is -2.31. The van der Waals surface area contributed by atoms with E-state index in [1.165, 1.54) is 11.9 Å². The van der Waals surface area contributed by atoms with Crippen LogP contribution in [0, 0.1) is 6.92 Å². The van der Waals surface area contributed by atoms with Gasteiger partial charge in [-0.15, -0.1) is 0 Å². The first kappa shape index (κ1) is 18.4. The van der Waals surface area contributed by atoms with E-state index >= 15 is 0 Å². The highest BCUT2D eigenvalue weighted by atomic mass is 15.1. The maximum Gasteiger partial charge on any atom is 0.162 e. The maximum atomic E-state index is 4.75. The van der Waals surface area contributed by atoms with Crippen molar-refractivity contribution in [2.24, 2.45) is 0 Å². The van der Waals surface area contributed by atoms with Crippen LogP contribution < -0.4 is 0 Å². The van der Waals surface area contributed by atoms with Gasteiger partial charge in [-0.2, -0.15) is 0 Å². The topological polar surface area (TPSA) is 80.6 Å². The third-order valence-electron chi connectivity index (χ3n) is 5.34. The maximum absolute atomic E-state index is 4.75. The van der Waals surface area contributed by atoms with E-state index in [9.17, 15) is 0 Å². The largest absolute Gasteiger partial charge is 0.294 e. The average molecular weight is 395 g/mol. The van der Waals surface area contributed by atoms with Crippen molar-refractivity contribution in [3.8, 4) is 22.8 Å². The number of fused-ring (bicyclic) bond motifs is 1.